The lowest BCUT2D eigenvalue weighted by Gasteiger charge is -2.24. The zero-order valence-corrected chi connectivity index (χ0v) is 13.8. The topological polar surface area (TPSA) is 111 Å². The first-order chi connectivity index (χ1) is 10.9. The molecule has 1 atom stereocenters. The van der Waals surface area contributed by atoms with Gasteiger partial charge >= 0.3 is 0 Å². The molecule has 128 valence electrons. The van der Waals surface area contributed by atoms with E-state index in [1.165, 1.54) is 11.1 Å². The summed E-state index contributed by atoms with van der Waals surface area (Å²) in [5.74, 6) is 0.290. The molecular formula is C12H20N6O4S. The molecule has 0 bridgehead atoms. The molecule has 2 saturated heterocycles. The van der Waals surface area contributed by atoms with Crippen molar-refractivity contribution in [2.45, 2.75) is 18.2 Å². The summed E-state index contributed by atoms with van der Waals surface area (Å²) in [6.45, 7) is 3.28. The van der Waals surface area contributed by atoms with Crippen molar-refractivity contribution in [1.82, 2.24) is 25.1 Å². The van der Waals surface area contributed by atoms with Crippen molar-refractivity contribution >= 4 is 21.7 Å². The van der Waals surface area contributed by atoms with Crippen LogP contribution in [0.1, 0.15) is 6.42 Å². The maximum Gasteiger partial charge on any atom is 0.266 e. The van der Waals surface area contributed by atoms with Crippen LogP contribution in [0.4, 0.5) is 5.95 Å². The summed E-state index contributed by atoms with van der Waals surface area (Å²) in [4.78, 5) is 17.0. The lowest BCUT2D eigenvalue weighted by molar-refractivity contribution is -0.131. The molecule has 1 unspecified atom stereocenters. The standard InChI is InChI=1S/C12H20N6O4S/c1-23(20,21)10-2-3-17(8-10)11(19)9-18-14-12(13-15-18)16-4-6-22-7-5-16/h10H,2-9H2,1H3. The number of sulfone groups is 1. The van der Waals surface area contributed by atoms with Crippen molar-refractivity contribution in [3.8, 4) is 0 Å². The highest BCUT2D eigenvalue weighted by Crippen LogP contribution is 2.16. The number of morpholine rings is 1. The van der Waals surface area contributed by atoms with E-state index in [0.29, 0.717) is 45.2 Å². The number of ether oxygens (including phenoxy) is 1. The fourth-order valence-corrected chi connectivity index (χ4v) is 3.70. The van der Waals surface area contributed by atoms with Crippen LogP contribution in [0.5, 0.6) is 0 Å². The Kier molecular flexibility index (Phi) is 4.48. The van der Waals surface area contributed by atoms with Gasteiger partial charge in [0, 0.05) is 32.4 Å². The van der Waals surface area contributed by atoms with Crippen LogP contribution < -0.4 is 4.90 Å². The van der Waals surface area contributed by atoms with E-state index in [-0.39, 0.29) is 19.0 Å². The minimum Gasteiger partial charge on any atom is -0.378 e. The lowest BCUT2D eigenvalue weighted by atomic mass is 10.4. The maximum absolute atomic E-state index is 12.2. The molecule has 1 amide bonds. The molecule has 0 aromatic carbocycles. The number of hydrogen-bond donors (Lipinski definition) is 0. The smallest absolute Gasteiger partial charge is 0.266 e. The van der Waals surface area contributed by atoms with Gasteiger partial charge in [-0.2, -0.15) is 4.80 Å². The average Bonchev–Trinajstić information content (AvgIpc) is 3.17. The summed E-state index contributed by atoms with van der Waals surface area (Å²) in [5, 5.41) is 11.6. The van der Waals surface area contributed by atoms with Gasteiger partial charge in [-0.3, -0.25) is 4.79 Å². The van der Waals surface area contributed by atoms with E-state index >= 15 is 0 Å². The summed E-state index contributed by atoms with van der Waals surface area (Å²) in [6.07, 6.45) is 1.69. The average molecular weight is 344 g/mol. The van der Waals surface area contributed by atoms with Crippen molar-refractivity contribution in [3.63, 3.8) is 0 Å². The number of carbonyl (C=O) groups is 1. The number of amides is 1. The molecular weight excluding hydrogens is 324 g/mol. The Labute approximate surface area is 134 Å². The molecule has 3 heterocycles. The third-order valence-corrected chi connectivity index (χ3v) is 5.71. The highest BCUT2D eigenvalue weighted by atomic mass is 32.2. The Morgan fingerprint density at radius 2 is 2.04 bits per heavy atom. The first-order valence-corrected chi connectivity index (χ1v) is 9.46. The molecule has 23 heavy (non-hydrogen) atoms. The maximum atomic E-state index is 12.2. The minimum atomic E-state index is -3.12. The van der Waals surface area contributed by atoms with Crippen LogP contribution in [0.25, 0.3) is 0 Å². The van der Waals surface area contributed by atoms with Gasteiger partial charge in [-0.25, -0.2) is 8.42 Å². The second kappa shape index (κ2) is 6.40. The molecule has 1 aromatic heterocycles. The second-order valence-corrected chi connectivity index (χ2v) is 8.12. The highest BCUT2D eigenvalue weighted by molar-refractivity contribution is 7.91. The number of tetrazole rings is 1. The van der Waals surface area contributed by atoms with E-state index in [1.807, 2.05) is 4.90 Å². The van der Waals surface area contributed by atoms with E-state index in [0.717, 1.165) is 0 Å². The lowest BCUT2D eigenvalue weighted by Crippen LogP contribution is -2.37. The number of aromatic nitrogens is 4. The first-order valence-electron chi connectivity index (χ1n) is 7.50. The Morgan fingerprint density at radius 1 is 1.30 bits per heavy atom. The van der Waals surface area contributed by atoms with Gasteiger partial charge in [-0.1, -0.05) is 5.10 Å². The molecule has 2 aliphatic rings. The van der Waals surface area contributed by atoms with Crippen LogP contribution in [0, 0.1) is 0 Å². The van der Waals surface area contributed by atoms with Crippen LogP contribution in [-0.4, -0.2) is 90.3 Å². The van der Waals surface area contributed by atoms with Gasteiger partial charge in [-0.05, 0) is 11.6 Å². The molecule has 0 aliphatic carbocycles. The zero-order chi connectivity index (χ0) is 16.4. The number of anilines is 1. The molecule has 1 aromatic rings. The van der Waals surface area contributed by atoms with E-state index in [2.05, 4.69) is 15.4 Å². The quantitative estimate of drug-likeness (QED) is 0.626. The van der Waals surface area contributed by atoms with Crippen molar-refractivity contribution in [1.29, 1.82) is 0 Å². The van der Waals surface area contributed by atoms with Crippen molar-refractivity contribution < 1.29 is 17.9 Å². The molecule has 10 nitrogen and oxygen atoms in total. The van der Waals surface area contributed by atoms with Crippen LogP contribution in [0.2, 0.25) is 0 Å². The second-order valence-electron chi connectivity index (χ2n) is 5.80. The van der Waals surface area contributed by atoms with Gasteiger partial charge in [0.15, 0.2) is 9.84 Å². The number of rotatable bonds is 4. The Bertz CT molecular complexity index is 669. The molecule has 11 heteroatoms. The molecule has 0 spiro atoms. The van der Waals surface area contributed by atoms with Crippen molar-refractivity contribution in [2.75, 3.05) is 50.5 Å². The number of hydrogen-bond acceptors (Lipinski definition) is 8. The third kappa shape index (κ3) is 3.78. The Morgan fingerprint density at radius 3 is 2.70 bits per heavy atom. The number of likely N-dealkylation sites (tertiary alicyclic amines) is 1. The Hall–Kier alpha value is -1.75. The summed E-state index contributed by atoms with van der Waals surface area (Å²) < 4.78 is 28.4. The van der Waals surface area contributed by atoms with Crippen LogP contribution in [0.3, 0.4) is 0 Å². The largest absolute Gasteiger partial charge is 0.378 e. The van der Waals surface area contributed by atoms with E-state index in [1.54, 1.807) is 4.90 Å². The van der Waals surface area contributed by atoms with E-state index < -0.39 is 15.1 Å². The fourth-order valence-electron chi connectivity index (χ4n) is 2.72. The van der Waals surface area contributed by atoms with Crippen molar-refractivity contribution in [3.05, 3.63) is 0 Å². The minimum absolute atomic E-state index is 0.0339. The SMILES string of the molecule is CS(=O)(=O)C1CCN(C(=O)Cn2nnc(N3CCOCC3)n2)C1. The summed E-state index contributed by atoms with van der Waals surface area (Å²) in [5.41, 5.74) is 0. The van der Waals surface area contributed by atoms with Gasteiger partial charge in [0.1, 0.15) is 6.54 Å². The number of nitrogens with zero attached hydrogens (tertiary/aromatic N) is 6. The van der Waals surface area contributed by atoms with E-state index in [4.69, 9.17) is 4.74 Å². The predicted octanol–water partition coefficient (Wildman–Crippen LogP) is -1.84. The predicted molar refractivity (Wildman–Crippen MR) is 80.7 cm³/mol. The summed E-state index contributed by atoms with van der Waals surface area (Å²) in [6, 6.07) is 0. The van der Waals surface area contributed by atoms with Gasteiger partial charge < -0.3 is 14.5 Å². The van der Waals surface area contributed by atoms with Gasteiger partial charge in [0.25, 0.3) is 5.95 Å². The highest BCUT2D eigenvalue weighted by Gasteiger charge is 2.32. The first kappa shape index (κ1) is 16.1. The van der Waals surface area contributed by atoms with Crippen LogP contribution >= 0.6 is 0 Å². The van der Waals surface area contributed by atoms with Crippen LogP contribution in [0.15, 0.2) is 0 Å². The Balaban J connectivity index is 1.57. The number of carbonyl (C=O) groups excluding carboxylic acids is 1. The van der Waals surface area contributed by atoms with Gasteiger partial charge in [0.2, 0.25) is 5.91 Å². The fraction of sp³-hybridized carbons (Fsp3) is 0.833. The summed E-state index contributed by atoms with van der Waals surface area (Å²) >= 11 is 0. The van der Waals surface area contributed by atoms with Crippen molar-refractivity contribution in [2.24, 2.45) is 0 Å². The molecule has 0 radical (unpaired) electrons. The molecule has 2 aliphatic heterocycles. The molecule has 3 rings (SSSR count). The van der Waals surface area contributed by atoms with Crippen LogP contribution in [-0.2, 0) is 25.9 Å². The third-order valence-electron chi connectivity index (χ3n) is 4.12. The zero-order valence-electron chi connectivity index (χ0n) is 13.0. The normalized spacial score (nSPS) is 22.6. The monoisotopic (exact) mass is 344 g/mol. The van der Waals surface area contributed by atoms with Gasteiger partial charge in [-0.15, -0.1) is 5.10 Å². The summed E-state index contributed by atoms with van der Waals surface area (Å²) in [7, 11) is -3.12. The molecule has 0 saturated carbocycles. The molecule has 2 fully saturated rings. The van der Waals surface area contributed by atoms with Gasteiger partial charge in [0.05, 0.1) is 18.5 Å². The molecule has 0 N–H and O–H groups in total. The van der Waals surface area contributed by atoms with E-state index in [9.17, 15) is 13.2 Å².